The van der Waals surface area contributed by atoms with Gasteiger partial charge in [-0.1, -0.05) is 0 Å². The van der Waals surface area contributed by atoms with Gasteiger partial charge in [0.05, 0.1) is 5.56 Å². The summed E-state index contributed by atoms with van der Waals surface area (Å²) >= 11 is 0. The lowest BCUT2D eigenvalue weighted by Gasteiger charge is -2.28. The van der Waals surface area contributed by atoms with Crippen LogP contribution >= 0.6 is 0 Å². The monoisotopic (exact) mass is 363 g/mol. The molecule has 0 aliphatic carbocycles. The summed E-state index contributed by atoms with van der Waals surface area (Å²) in [5, 5.41) is 5.19. The molecule has 26 heavy (non-hydrogen) atoms. The van der Waals surface area contributed by atoms with E-state index in [1.54, 1.807) is 0 Å². The molecule has 2 N–H and O–H groups in total. The predicted octanol–water partition coefficient (Wildman–Crippen LogP) is 5.34. The summed E-state index contributed by atoms with van der Waals surface area (Å²) in [7, 11) is 0. The maximum absolute atomic E-state index is 12.5. The third kappa shape index (κ3) is 4.68. The van der Waals surface area contributed by atoms with Gasteiger partial charge >= 0.3 is 12.2 Å². The van der Waals surface area contributed by atoms with Crippen LogP contribution in [0.2, 0.25) is 0 Å². The van der Waals surface area contributed by atoms with E-state index in [0.717, 1.165) is 30.9 Å². The molecule has 0 atom stereocenters. The van der Waals surface area contributed by atoms with E-state index in [0.29, 0.717) is 11.4 Å². The first-order valence-corrected chi connectivity index (χ1v) is 8.52. The smallest absolute Gasteiger partial charge is 0.372 e. The zero-order valence-corrected chi connectivity index (χ0v) is 14.1. The third-order valence-electron chi connectivity index (χ3n) is 4.32. The zero-order valence-electron chi connectivity index (χ0n) is 14.1. The van der Waals surface area contributed by atoms with Crippen molar-refractivity contribution in [3.63, 3.8) is 0 Å². The van der Waals surface area contributed by atoms with Crippen molar-refractivity contribution in [1.29, 1.82) is 0 Å². The molecule has 1 fully saturated rings. The Morgan fingerprint density at radius 1 is 0.808 bits per heavy atom. The van der Waals surface area contributed by atoms with Crippen LogP contribution in [0.25, 0.3) is 0 Å². The fourth-order valence-electron chi connectivity index (χ4n) is 2.94. The quantitative estimate of drug-likeness (QED) is 0.773. The molecule has 1 saturated heterocycles. The number of piperidine rings is 1. The number of carbonyl (C=O) groups excluding carboxylic acids is 1. The molecule has 3 rings (SSSR count). The number of nitrogens with one attached hydrogen (secondary N) is 2. The first-order chi connectivity index (χ1) is 12.4. The number of nitrogens with zero attached hydrogens (tertiary/aromatic N) is 1. The SMILES string of the molecule is O=C(Nc1ccc(N2CCCCC2)cc1)Nc1ccc(C(F)(F)F)cc1. The normalized spacial score (nSPS) is 14.8. The minimum atomic E-state index is -4.39. The van der Waals surface area contributed by atoms with Crippen LogP contribution in [0.1, 0.15) is 24.8 Å². The Hall–Kier alpha value is -2.70. The highest BCUT2D eigenvalue weighted by molar-refractivity contribution is 5.99. The van der Waals surface area contributed by atoms with Crippen molar-refractivity contribution in [3.05, 3.63) is 54.1 Å². The number of amides is 2. The van der Waals surface area contributed by atoms with Crippen molar-refractivity contribution in [2.45, 2.75) is 25.4 Å². The zero-order chi connectivity index (χ0) is 18.6. The van der Waals surface area contributed by atoms with Gasteiger partial charge < -0.3 is 15.5 Å². The van der Waals surface area contributed by atoms with Gasteiger partial charge in [-0.05, 0) is 67.8 Å². The maximum Gasteiger partial charge on any atom is 0.416 e. The van der Waals surface area contributed by atoms with Gasteiger partial charge in [-0.25, -0.2) is 4.79 Å². The number of anilines is 3. The molecule has 0 unspecified atom stereocenters. The second-order valence-electron chi connectivity index (χ2n) is 6.25. The van der Waals surface area contributed by atoms with Crippen molar-refractivity contribution in [2.24, 2.45) is 0 Å². The highest BCUT2D eigenvalue weighted by Gasteiger charge is 2.29. The number of alkyl halides is 3. The van der Waals surface area contributed by atoms with Crippen LogP contribution in [0.4, 0.5) is 35.0 Å². The summed E-state index contributed by atoms with van der Waals surface area (Å²) in [6.45, 7) is 2.09. The second kappa shape index (κ2) is 7.68. The number of rotatable bonds is 3. The molecule has 1 aliphatic heterocycles. The summed E-state index contributed by atoms with van der Waals surface area (Å²) in [6, 6.07) is 11.4. The van der Waals surface area contributed by atoms with Crippen LogP contribution < -0.4 is 15.5 Å². The largest absolute Gasteiger partial charge is 0.416 e. The van der Waals surface area contributed by atoms with Crippen molar-refractivity contribution < 1.29 is 18.0 Å². The third-order valence-corrected chi connectivity index (χ3v) is 4.32. The molecular weight excluding hydrogens is 343 g/mol. The lowest BCUT2D eigenvalue weighted by molar-refractivity contribution is -0.137. The lowest BCUT2D eigenvalue weighted by atomic mass is 10.1. The van der Waals surface area contributed by atoms with E-state index >= 15 is 0 Å². The van der Waals surface area contributed by atoms with Crippen molar-refractivity contribution in [3.8, 4) is 0 Å². The number of hydrogen-bond donors (Lipinski definition) is 2. The standard InChI is InChI=1S/C19H20F3N3O/c20-19(21,22)14-4-6-15(7-5-14)23-18(26)24-16-8-10-17(11-9-16)25-12-2-1-3-13-25/h4-11H,1-3,12-13H2,(H2,23,24,26). The topological polar surface area (TPSA) is 44.4 Å². The molecule has 0 bridgehead atoms. The molecule has 0 saturated carbocycles. The molecule has 0 spiro atoms. The van der Waals surface area contributed by atoms with Crippen LogP contribution in [0.3, 0.4) is 0 Å². The Morgan fingerprint density at radius 2 is 1.31 bits per heavy atom. The van der Waals surface area contributed by atoms with Crippen LogP contribution in [-0.4, -0.2) is 19.1 Å². The maximum atomic E-state index is 12.5. The van der Waals surface area contributed by atoms with Crippen LogP contribution in [0.15, 0.2) is 48.5 Å². The van der Waals surface area contributed by atoms with E-state index in [9.17, 15) is 18.0 Å². The summed E-state index contributed by atoms with van der Waals surface area (Å²) in [5.74, 6) is 0. The average molecular weight is 363 g/mol. The Morgan fingerprint density at radius 3 is 1.81 bits per heavy atom. The number of urea groups is 1. The Labute approximate surface area is 150 Å². The van der Waals surface area contributed by atoms with Gasteiger partial charge in [-0.2, -0.15) is 13.2 Å². The summed E-state index contributed by atoms with van der Waals surface area (Å²) in [6.07, 6.45) is -0.748. The molecule has 7 heteroatoms. The predicted molar refractivity (Wildman–Crippen MR) is 96.6 cm³/mol. The molecule has 4 nitrogen and oxygen atoms in total. The van der Waals surface area contributed by atoms with E-state index in [-0.39, 0.29) is 0 Å². The fraction of sp³-hybridized carbons (Fsp3) is 0.316. The van der Waals surface area contributed by atoms with E-state index < -0.39 is 17.8 Å². The number of benzene rings is 2. The Bertz CT molecular complexity index is 736. The molecule has 2 amide bonds. The van der Waals surface area contributed by atoms with Crippen LogP contribution in [0.5, 0.6) is 0 Å². The van der Waals surface area contributed by atoms with Crippen molar-refractivity contribution in [2.75, 3.05) is 28.6 Å². The highest BCUT2D eigenvalue weighted by atomic mass is 19.4. The van der Waals surface area contributed by atoms with Gasteiger partial charge in [0.1, 0.15) is 0 Å². The fourth-order valence-corrected chi connectivity index (χ4v) is 2.94. The summed E-state index contributed by atoms with van der Waals surface area (Å²) in [5.41, 5.74) is 1.28. The van der Waals surface area contributed by atoms with E-state index in [2.05, 4.69) is 15.5 Å². The van der Waals surface area contributed by atoms with Gasteiger partial charge in [0.25, 0.3) is 0 Å². The molecule has 2 aromatic carbocycles. The minimum Gasteiger partial charge on any atom is -0.372 e. The number of hydrogen-bond acceptors (Lipinski definition) is 2. The Kier molecular flexibility index (Phi) is 5.35. The molecule has 0 aromatic heterocycles. The molecule has 0 radical (unpaired) electrons. The number of carbonyl (C=O) groups is 1. The Balaban J connectivity index is 1.56. The van der Waals surface area contributed by atoms with Gasteiger partial charge in [0.2, 0.25) is 0 Å². The first-order valence-electron chi connectivity index (χ1n) is 8.52. The van der Waals surface area contributed by atoms with Gasteiger partial charge in [-0.3, -0.25) is 0 Å². The van der Waals surface area contributed by atoms with Crippen LogP contribution in [-0.2, 0) is 6.18 Å². The molecule has 1 aliphatic rings. The van der Waals surface area contributed by atoms with Crippen molar-refractivity contribution in [1.82, 2.24) is 0 Å². The first kappa shape index (κ1) is 18.1. The van der Waals surface area contributed by atoms with Gasteiger partial charge in [0, 0.05) is 30.2 Å². The van der Waals surface area contributed by atoms with Crippen molar-refractivity contribution >= 4 is 23.1 Å². The highest BCUT2D eigenvalue weighted by Crippen LogP contribution is 2.29. The summed E-state index contributed by atoms with van der Waals surface area (Å²) in [4.78, 5) is 14.3. The molecule has 1 heterocycles. The van der Waals surface area contributed by atoms with Gasteiger partial charge in [-0.15, -0.1) is 0 Å². The van der Waals surface area contributed by atoms with E-state index in [4.69, 9.17) is 0 Å². The number of halogens is 3. The van der Waals surface area contributed by atoms with E-state index in [1.165, 1.54) is 31.4 Å². The molecule has 138 valence electrons. The average Bonchev–Trinajstić information content (AvgIpc) is 2.63. The molecular formula is C19H20F3N3O. The lowest BCUT2D eigenvalue weighted by Crippen LogP contribution is -2.29. The van der Waals surface area contributed by atoms with Gasteiger partial charge in [0.15, 0.2) is 0 Å². The van der Waals surface area contributed by atoms with Crippen LogP contribution in [0, 0.1) is 0 Å². The summed E-state index contributed by atoms with van der Waals surface area (Å²) < 4.78 is 37.6. The second-order valence-corrected chi connectivity index (χ2v) is 6.25. The molecule has 2 aromatic rings. The minimum absolute atomic E-state index is 0.292. The van der Waals surface area contributed by atoms with E-state index in [1.807, 2.05) is 24.3 Å².